The molecule has 0 fully saturated rings. The molecule has 0 saturated carbocycles. The molecule has 2 aromatic rings. The van der Waals surface area contributed by atoms with Crippen molar-refractivity contribution in [2.75, 3.05) is 25.6 Å². The van der Waals surface area contributed by atoms with E-state index in [9.17, 15) is 14.4 Å². The first kappa shape index (κ1) is 25.2. The number of amides is 2. The van der Waals surface area contributed by atoms with Gasteiger partial charge in [0.1, 0.15) is 6.42 Å². The van der Waals surface area contributed by atoms with Gasteiger partial charge < -0.3 is 19.5 Å². The summed E-state index contributed by atoms with van der Waals surface area (Å²) < 4.78 is 16.1. The molecule has 2 N–H and O–H groups in total. The van der Waals surface area contributed by atoms with Crippen LogP contribution < -0.4 is 20.2 Å². The number of nitrogens with zero attached hydrogens (tertiary/aromatic N) is 1. The fourth-order valence-electron chi connectivity index (χ4n) is 2.41. The number of hydrogen-bond acceptors (Lipinski definition) is 7. The number of rotatable bonds is 10. The first-order valence-corrected chi connectivity index (χ1v) is 10.5. The van der Waals surface area contributed by atoms with Gasteiger partial charge in [-0.25, -0.2) is 10.2 Å². The van der Waals surface area contributed by atoms with Crippen molar-refractivity contribution in [2.24, 2.45) is 5.10 Å². The van der Waals surface area contributed by atoms with Crippen LogP contribution in [-0.4, -0.2) is 44.3 Å². The molecule has 2 aromatic carbocycles. The monoisotopic (exact) mass is 525 g/mol. The van der Waals surface area contributed by atoms with E-state index in [0.29, 0.717) is 32.2 Å². The minimum absolute atomic E-state index is 0.253. The first-order chi connectivity index (χ1) is 15.3. The average molecular weight is 527 g/mol. The number of ether oxygens (including phenoxy) is 3. The van der Waals surface area contributed by atoms with Gasteiger partial charge >= 0.3 is 5.97 Å². The zero-order valence-electron chi connectivity index (χ0n) is 17.3. The predicted octanol–water partition coefficient (Wildman–Crippen LogP) is 3.53. The third kappa shape index (κ3) is 7.86. The molecule has 170 valence electrons. The van der Waals surface area contributed by atoms with E-state index in [4.69, 9.17) is 25.8 Å². The SMILES string of the molecule is CCOC(=O)COc1c(Br)cc(C=NNC(=O)CC(=O)Nc2ccccc2Cl)cc1OC. The second-order valence-corrected chi connectivity index (χ2v) is 7.39. The molecule has 0 heterocycles. The van der Waals surface area contributed by atoms with Crippen LogP contribution in [0, 0.1) is 0 Å². The third-order valence-corrected chi connectivity index (χ3v) is 4.68. The maximum absolute atomic E-state index is 12.0. The van der Waals surface area contributed by atoms with E-state index in [0.717, 1.165) is 0 Å². The predicted molar refractivity (Wildman–Crippen MR) is 123 cm³/mol. The molecule has 0 aromatic heterocycles. The van der Waals surface area contributed by atoms with Crippen molar-refractivity contribution in [2.45, 2.75) is 13.3 Å². The molecule has 32 heavy (non-hydrogen) atoms. The lowest BCUT2D eigenvalue weighted by atomic mass is 10.2. The van der Waals surface area contributed by atoms with Crippen molar-refractivity contribution in [1.82, 2.24) is 5.43 Å². The number of benzene rings is 2. The van der Waals surface area contributed by atoms with Crippen LogP contribution in [0.15, 0.2) is 46.0 Å². The lowest BCUT2D eigenvalue weighted by Crippen LogP contribution is -2.24. The van der Waals surface area contributed by atoms with Gasteiger partial charge in [0.15, 0.2) is 18.1 Å². The van der Waals surface area contributed by atoms with Gasteiger partial charge in [-0.05, 0) is 52.7 Å². The largest absolute Gasteiger partial charge is 0.493 e. The van der Waals surface area contributed by atoms with Crippen molar-refractivity contribution in [3.63, 3.8) is 0 Å². The number of carbonyl (C=O) groups is 3. The van der Waals surface area contributed by atoms with Crippen LogP contribution in [-0.2, 0) is 19.1 Å². The summed E-state index contributed by atoms with van der Waals surface area (Å²) >= 11 is 9.32. The number of carbonyl (C=O) groups excluding carboxylic acids is 3. The number of nitrogens with one attached hydrogen (secondary N) is 2. The Morgan fingerprint density at radius 2 is 1.94 bits per heavy atom. The van der Waals surface area contributed by atoms with Crippen molar-refractivity contribution < 1.29 is 28.6 Å². The van der Waals surface area contributed by atoms with Gasteiger partial charge in [-0.15, -0.1) is 0 Å². The second-order valence-electron chi connectivity index (χ2n) is 6.13. The summed E-state index contributed by atoms with van der Waals surface area (Å²) in [6.45, 7) is 1.68. The summed E-state index contributed by atoms with van der Waals surface area (Å²) in [6, 6.07) is 9.95. The van der Waals surface area contributed by atoms with Gasteiger partial charge in [0, 0.05) is 0 Å². The highest BCUT2D eigenvalue weighted by Gasteiger charge is 2.14. The standard InChI is InChI=1S/C21H21BrClN3O6/c1-3-31-20(29)12-32-21-14(22)8-13(9-17(21)30-2)11-24-26-19(28)10-18(27)25-16-7-5-4-6-15(16)23/h4-9,11H,3,10,12H2,1-2H3,(H,25,27)(H,26,28). The number of methoxy groups -OCH3 is 1. The third-order valence-electron chi connectivity index (χ3n) is 3.76. The van der Waals surface area contributed by atoms with E-state index in [1.54, 1.807) is 43.3 Å². The lowest BCUT2D eigenvalue weighted by Gasteiger charge is -2.13. The van der Waals surface area contributed by atoms with E-state index in [2.05, 4.69) is 31.8 Å². The summed E-state index contributed by atoms with van der Waals surface area (Å²) in [7, 11) is 1.44. The normalized spacial score (nSPS) is 10.5. The Labute approximate surface area is 198 Å². The number of halogens is 2. The molecule has 0 aliphatic rings. The number of hydrogen-bond donors (Lipinski definition) is 2. The minimum atomic E-state index is -0.605. The molecule has 2 amide bonds. The Kier molecular flexibility index (Phi) is 9.96. The molecule has 0 atom stereocenters. The molecule has 0 aliphatic heterocycles. The maximum Gasteiger partial charge on any atom is 0.344 e. The topological polar surface area (TPSA) is 115 Å². The first-order valence-electron chi connectivity index (χ1n) is 9.36. The van der Waals surface area contributed by atoms with Gasteiger partial charge in [-0.2, -0.15) is 5.10 Å². The van der Waals surface area contributed by atoms with Gasteiger partial charge in [0.05, 0.1) is 35.1 Å². The van der Waals surface area contributed by atoms with Crippen LogP contribution in [0.1, 0.15) is 18.9 Å². The average Bonchev–Trinajstić information content (AvgIpc) is 2.74. The maximum atomic E-state index is 12.0. The molecule has 0 radical (unpaired) electrons. The van der Waals surface area contributed by atoms with Crippen molar-refractivity contribution in [3.8, 4) is 11.5 Å². The fourth-order valence-corrected chi connectivity index (χ4v) is 3.17. The number of hydrazone groups is 1. The molecule has 0 aliphatic carbocycles. The fraction of sp³-hybridized carbons (Fsp3) is 0.238. The number of esters is 1. The van der Waals surface area contributed by atoms with E-state index in [-0.39, 0.29) is 13.2 Å². The summed E-state index contributed by atoms with van der Waals surface area (Å²) in [6.07, 6.45) is 0.933. The van der Waals surface area contributed by atoms with Gasteiger partial charge in [0.2, 0.25) is 11.8 Å². The van der Waals surface area contributed by atoms with Crippen molar-refractivity contribution >= 4 is 57.2 Å². The lowest BCUT2D eigenvalue weighted by molar-refractivity contribution is -0.145. The van der Waals surface area contributed by atoms with Crippen molar-refractivity contribution in [3.05, 3.63) is 51.5 Å². The second kappa shape index (κ2) is 12.7. The van der Waals surface area contributed by atoms with Gasteiger partial charge in [-0.1, -0.05) is 23.7 Å². The molecule has 0 saturated heterocycles. The Morgan fingerprint density at radius 1 is 1.19 bits per heavy atom. The zero-order valence-corrected chi connectivity index (χ0v) is 19.7. The molecule has 9 nitrogen and oxygen atoms in total. The minimum Gasteiger partial charge on any atom is -0.493 e. The quantitative estimate of drug-likeness (QED) is 0.212. The molecule has 11 heteroatoms. The van der Waals surface area contributed by atoms with Crippen LogP contribution in [0.2, 0.25) is 5.02 Å². The van der Waals surface area contributed by atoms with Gasteiger partial charge in [-0.3, -0.25) is 9.59 Å². The summed E-state index contributed by atoms with van der Waals surface area (Å²) in [5, 5.41) is 6.76. The number of para-hydroxylation sites is 1. The van der Waals surface area contributed by atoms with Crippen LogP contribution in [0.4, 0.5) is 5.69 Å². The highest BCUT2D eigenvalue weighted by Crippen LogP contribution is 2.36. The van der Waals surface area contributed by atoms with Crippen LogP contribution in [0.3, 0.4) is 0 Å². The molecular formula is C21H21BrClN3O6. The summed E-state index contributed by atoms with van der Waals surface area (Å²) in [4.78, 5) is 35.4. The Balaban J connectivity index is 1.93. The smallest absolute Gasteiger partial charge is 0.344 e. The van der Waals surface area contributed by atoms with Crippen LogP contribution in [0.25, 0.3) is 0 Å². The molecule has 0 bridgehead atoms. The Hall–Kier alpha value is -3.11. The highest BCUT2D eigenvalue weighted by atomic mass is 79.9. The molecule has 0 unspecified atom stereocenters. The summed E-state index contributed by atoms with van der Waals surface area (Å²) in [5.74, 6) is -0.980. The molecule has 2 rings (SSSR count). The van der Waals surface area contributed by atoms with E-state index in [1.165, 1.54) is 13.3 Å². The van der Waals surface area contributed by atoms with Crippen LogP contribution in [0.5, 0.6) is 11.5 Å². The number of anilines is 1. The van der Waals surface area contributed by atoms with E-state index < -0.39 is 24.2 Å². The Bertz CT molecular complexity index is 1020. The van der Waals surface area contributed by atoms with E-state index >= 15 is 0 Å². The Morgan fingerprint density at radius 3 is 2.62 bits per heavy atom. The van der Waals surface area contributed by atoms with E-state index in [1.807, 2.05) is 0 Å². The summed E-state index contributed by atoms with van der Waals surface area (Å²) in [5.41, 5.74) is 3.26. The van der Waals surface area contributed by atoms with Gasteiger partial charge in [0.25, 0.3) is 0 Å². The highest BCUT2D eigenvalue weighted by molar-refractivity contribution is 9.10. The van der Waals surface area contributed by atoms with Crippen molar-refractivity contribution in [1.29, 1.82) is 0 Å². The zero-order chi connectivity index (χ0) is 23.5. The molecule has 0 spiro atoms. The van der Waals surface area contributed by atoms with Crippen LogP contribution >= 0.6 is 27.5 Å². The molecular weight excluding hydrogens is 506 g/mol.